The van der Waals surface area contributed by atoms with Crippen molar-refractivity contribution < 1.29 is 19.1 Å². The van der Waals surface area contributed by atoms with Gasteiger partial charge in [-0.15, -0.1) is 0 Å². The normalized spacial score (nSPS) is 15.5. The standard InChI is InChI=1S/C23H27N5O4/c1-31-20-12-16(13-24)6-8-19(20)32-11-3-5-22(29)27-18-7-9-21(26-14-18)28-10-2-4-17(15-28)23(25)30/h6-9,12,14,17H,2-5,10-11,15H2,1H3,(H2,25,30)(H,27,29). The van der Waals surface area contributed by atoms with Crippen LogP contribution in [0, 0.1) is 17.2 Å². The number of methoxy groups -OCH3 is 1. The Bertz CT molecular complexity index is 987. The number of nitrogens with two attached hydrogens (primary N) is 1. The molecule has 2 amide bonds. The highest BCUT2D eigenvalue weighted by Gasteiger charge is 2.24. The molecule has 2 heterocycles. The Morgan fingerprint density at radius 2 is 2.16 bits per heavy atom. The van der Waals surface area contributed by atoms with Gasteiger partial charge in [0.25, 0.3) is 0 Å². The number of nitrogens with zero attached hydrogens (tertiary/aromatic N) is 3. The zero-order valence-corrected chi connectivity index (χ0v) is 18.0. The van der Waals surface area contributed by atoms with Gasteiger partial charge in [0.15, 0.2) is 11.5 Å². The highest BCUT2D eigenvalue weighted by molar-refractivity contribution is 5.90. The molecule has 1 saturated heterocycles. The Morgan fingerprint density at radius 1 is 1.31 bits per heavy atom. The molecular formula is C23H27N5O4. The highest BCUT2D eigenvalue weighted by atomic mass is 16.5. The van der Waals surface area contributed by atoms with E-state index in [0.29, 0.717) is 42.3 Å². The minimum absolute atomic E-state index is 0.137. The number of pyridine rings is 1. The largest absolute Gasteiger partial charge is 0.493 e. The summed E-state index contributed by atoms with van der Waals surface area (Å²) < 4.78 is 10.9. The Balaban J connectivity index is 1.43. The van der Waals surface area contributed by atoms with E-state index < -0.39 is 0 Å². The van der Waals surface area contributed by atoms with Crippen LogP contribution in [0.4, 0.5) is 11.5 Å². The van der Waals surface area contributed by atoms with Crippen molar-refractivity contribution in [2.75, 3.05) is 37.0 Å². The van der Waals surface area contributed by atoms with E-state index in [9.17, 15) is 9.59 Å². The van der Waals surface area contributed by atoms with Gasteiger partial charge in [0, 0.05) is 25.6 Å². The fourth-order valence-electron chi connectivity index (χ4n) is 3.56. The van der Waals surface area contributed by atoms with Crippen molar-refractivity contribution in [3.8, 4) is 17.6 Å². The molecule has 1 aliphatic rings. The number of amides is 2. The van der Waals surface area contributed by atoms with E-state index in [0.717, 1.165) is 25.2 Å². The second-order valence-corrected chi connectivity index (χ2v) is 7.57. The Kier molecular flexibility index (Phi) is 7.86. The van der Waals surface area contributed by atoms with Crippen LogP contribution in [0.1, 0.15) is 31.2 Å². The summed E-state index contributed by atoms with van der Waals surface area (Å²) in [6.07, 6.45) is 4.11. The molecule has 1 atom stereocenters. The maximum absolute atomic E-state index is 12.2. The number of hydrogen-bond donors (Lipinski definition) is 2. The van der Waals surface area contributed by atoms with Crippen molar-refractivity contribution in [2.24, 2.45) is 11.7 Å². The van der Waals surface area contributed by atoms with E-state index in [1.165, 1.54) is 7.11 Å². The van der Waals surface area contributed by atoms with Crippen LogP contribution >= 0.6 is 0 Å². The van der Waals surface area contributed by atoms with Gasteiger partial charge in [-0.2, -0.15) is 5.26 Å². The van der Waals surface area contributed by atoms with Crippen LogP contribution in [-0.4, -0.2) is 43.6 Å². The van der Waals surface area contributed by atoms with E-state index in [2.05, 4.69) is 10.3 Å². The lowest BCUT2D eigenvalue weighted by molar-refractivity contribution is -0.122. The predicted molar refractivity (Wildman–Crippen MR) is 119 cm³/mol. The number of anilines is 2. The second kappa shape index (κ2) is 11.0. The summed E-state index contributed by atoms with van der Waals surface area (Å²) in [4.78, 5) is 30.1. The molecule has 32 heavy (non-hydrogen) atoms. The summed E-state index contributed by atoms with van der Waals surface area (Å²) in [7, 11) is 1.51. The molecule has 9 nitrogen and oxygen atoms in total. The van der Waals surface area contributed by atoms with Crippen molar-refractivity contribution >= 4 is 23.3 Å². The first-order valence-corrected chi connectivity index (χ1v) is 10.5. The topological polar surface area (TPSA) is 131 Å². The number of hydrogen-bond acceptors (Lipinski definition) is 7. The van der Waals surface area contributed by atoms with Gasteiger partial charge in [-0.25, -0.2) is 4.98 Å². The summed E-state index contributed by atoms with van der Waals surface area (Å²) >= 11 is 0. The van der Waals surface area contributed by atoms with E-state index in [4.69, 9.17) is 20.5 Å². The van der Waals surface area contributed by atoms with E-state index in [1.807, 2.05) is 17.0 Å². The summed E-state index contributed by atoms with van der Waals surface area (Å²) in [5, 5.41) is 11.8. The second-order valence-electron chi connectivity index (χ2n) is 7.57. The molecule has 1 aromatic carbocycles. The minimum atomic E-state index is -0.278. The molecule has 2 aromatic rings. The average Bonchev–Trinajstić information content (AvgIpc) is 2.82. The van der Waals surface area contributed by atoms with Crippen molar-refractivity contribution in [3.63, 3.8) is 0 Å². The molecule has 3 rings (SSSR count). The van der Waals surface area contributed by atoms with Crippen LogP contribution in [0.2, 0.25) is 0 Å². The van der Waals surface area contributed by atoms with Gasteiger partial charge >= 0.3 is 0 Å². The third-order valence-corrected chi connectivity index (χ3v) is 5.28. The van der Waals surface area contributed by atoms with Gasteiger partial charge in [-0.3, -0.25) is 9.59 Å². The van der Waals surface area contributed by atoms with Crippen LogP contribution in [0.15, 0.2) is 36.5 Å². The fourth-order valence-corrected chi connectivity index (χ4v) is 3.56. The lowest BCUT2D eigenvalue weighted by Crippen LogP contribution is -2.41. The van der Waals surface area contributed by atoms with Crippen molar-refractivity contribution in [3.05, 3.63) is 42.1 Å². The third kappa shape index (κ3) is 6.11. The van der Waals surface area contributed by atoms with Crippen LogP contribution in [-0.2, 0) is 9.59 Å². The van der Waals surface area contributed by atoms with Gasteiger partial charge in [-0.1, -0.05) is 0 Å². The first-order valence-electron chi connectivity index (χ1n) is 10.5. The number of carbonyl (C=O) groups excluding carboxylic acids is 2. The first kappa shape index (κ1) is 22.9. The van der Waals surface area contributed by atoms with Gasteiger partial charge in [0.05, 0.1) is 43.2 Å². The Morgan fingerprint density at radius 3 is 2.84 bits per heavy atom. The number of aromatic nitrogens is 1. The van der Waals surface area contributed by atoms with Gasteiger partial charge in [0.1, 0.15) is 5.82 Å². The molecule has 168 valence electrons. The minimum Gasteiger partial charge on any atom is -0.493 e. The Labute approximate surface area is 187 Å². The monoisotopic (exact) mass is 437 g/mol. The van der Waals surface area contributed by atoms with E-state index >= 15 is 0 Å². The summed E-state index contributed by atoms with van der Waals surface area (Å²) in [6.45, 7) is 1.73. The first-order chi connectivity index (χ1) is 15.5. The Hall–Kier alpha value is -3.80. The van der Waals surface area contributed by atoms with E-state index in [1.54, 1.807) is 30.5 Å². The number of nitriles is 1. The van der Waals surface area contributed by atoms with Crippen LogP contribution in [0.5, 0.6) is 11.5 Å². The molecule has 0 radical (unpaired) electrons. The molecule has 1 aliphatic heterocycles. The molecule has 1 aromatic heterocycles. The maximum Gasteiger partial charge on any atom is 0.224 e. The summed E-state index contributed by atoms with van der Waals surface area (Å²) in [6, 6.07) is 10.6. The molecule has 0 aliphatic carbocycles. The zero-order chi connectivity index (χ0) is 22.9. The number of benzene rings is 1. The van der Waals surface area contributed by atoms with Gasteiger partial charge in [-0.05, 0) is 43.5 Å². The van der Waals surface area contributed by atoms with Crippen LogP contribution < -0.4 is 25.4 Å². The highest BCUT2D eigenvalue weighted by Crippen LogP contribution is 2.28. The SMILES string of the molecule is COc1cc(C#N)ccc1OCCCC(=O)Nc1ccc(N2CCCC(C(N)=O)C2)nc1. The molecule has 1 fully saturated rings. The smallest absolute Gasteiger partial charge is 0.224 e. The van der Waals surface area contributed by atoms with Crippen LogP contribution in [0.3, 0.4) is 0 Å². The number of ether oxygens (including phenoxy) is 2. The number of nitrogens with one attached hydrogen (secondary N) is 1. The molecule has 1 unspecified atom stereocenters. The number of piperidine rings is 1. The molecule has 0 spiro atoms. The molecular weight excluding hydrogens is 410 g/mol. The predicted octanol–water partition coefficient (Wildman–Crippen LogP) is 2.46. The lowest BCUT2D eigenvalue weighted by atomic mass is 9.97. The summed E-state index contributed by atoms with van der Waals surface area (Å²) in [5.41, 5.74) is 6.53. The van der Waals surface area contributed by atoms with Crippen molar-refractivity contribution in [2.45, 2.75) is 25.7 Å². The van der Waals surface area contributed by atoms with E-state index in [-0.39, 0.29) is 24.2 Å². The van der Waals surface area contributed by atoms with Gasteiger partial charge < -0.3 is 25.4 Å². The molecule has 0 bridgehead atoms. The maximum atomic E-state index is 12.2. The lowest BCUT2D eigenvalue weighted by Gasteiger charge is -2.32. The molecule has 0 saturated carbocycles. The fraction of sp³-hybridized carbons (Fsp3) is 0.391. The quantitative estimate of drug-likeness (QED) is 0.576. The average molecular weight is 438 g/mol. The zero-order valence-electron chi connectivity index (χ0n) is 18.0. The van der Waals surface area contributed by atoms with Crippen LogP contribution in [0.25, 0.3) is 0 Å². The number of carbonyl (C=O) groups is 2. The number of rotatable bonds is 9. The molecule has 9 heteroatoms. The number of primary amides is 1. The van der Waals surface area contributed by atoms with Crippen molar-refractivity contribution in [1.82, 2.24) is 4.98 Å². The third-order valence-electron chi connectivity index (χ3n) is 5.28. The summed E-state index contributed by atoms with van der Waals surface area (Å²) in [5.74, 6) is 1.20. The molecule has 3 N–H and O–H groups in total. The van der Waals surface area contributed by atoms with Crippen molar-refractivity contribution in [1.29, 1.82) is 5.26 Å². The van der Waals surface area contributed by atoms with Gasteiger partial charge in [0.2, 0.25) is 11.8 Å².